The Morgan fingerprint density at radius 2 is 0.925 bits per heavy atom. The summed E-state index contributed by atoms with van der Waals surface area (Å²) >= 11 is 1.86. The number of rotatable bonds is 5. The Morgan fingerprint density at radius 3 is 1.69 bits per heavy atom. The summed E-state index contributed by atoms with van der Waals surface area (Å²) in [4.78, 5) is 4.91. The molecule has 2 nitrogen and oxygen atoms in total. The minimum Gasteiger partial charge on any atom is -0.310 e. The summed E-state index contributed by atoms with van der Waals surface area (Å²) in [6.07, 6.45) is 0. The summed E-state index contributed by atoms with van der Waals surface area (Å²) in [5, 5.41) is 2.61. The van der Waals surface area contributed by atoms with Crippen molar-refractivity contribution in [2.75, 3.05) is 9.80 Å². The SMILES string of the molecule is CC1(C)c2ccccc2N(c2ccc3c(c2)-c2ccccc2C32c3ccccc3-c3cccc(-c4cccc(N(c5ccccc5)c5ccc6c(c5)sc5ccccc56)c4)c32)c2ccccc21. The molecule has 14 rings (SSSR count). The molecular formula is C64H44N2S. The Morgan fingerprint density at radius 1 is 0.373 bits per heavy atom. The first kappa shape index (κ1) is 38.3. The Bertz CT molecular complexity index is 3770. The molecule has 1 aliphatic heterocycles. The molecule has 1 atom stereocenters. The molecule has 0 fully saturated rings. The lowest BCUT2D eigenvalue weighted by Gasteiger charge is -2.42. The highest BCUT2D eigenvalue weighted by atomic mass is 32.1. The van der Waals surface area contributed by atoms with Gasteiger partial charge in [-0.1, -0.05) is 178 Å². The third-order valence-electron chi connectivity index (χ3n) is 15.0. The third-order valence-corrected chi connectivity index (χ3v) is 16.2. The molecule has 1 spiro atoms. The lowest BCUT2D eigenvalue weighted by Crippen LogP contribution is -2.30. The quantitative estimate of drug-likeness (QED) is 0.170. The summed E-state index contributed by atoms with van der Waals surface area (Å²) in [6, 6.07) is 86.3. The maximum atomic E-state index is 2.49. The van der Waals surface area contributed by atoms with Crippen LogP contribution in [0.4, 0.5) is 34.1 Å². The van der Waals surface area contributed by atoms with E-state index in [9.17, 15) is 0 Å². The van der Waals surface area contributed by atoms with Crippen LogP contribution in [0.3, 0.4) is 0 Å². The van der Waals surface area contributed by atoms with Crippen LogP contribution in [-0.4, -0.2) is 0 Å². The van der Waals surface area contributed by atoms with Crippen molar-refractivity contribution in [1.29, 1.82) is 0 Å². The Hall–Kier alpha value is -7.98. The van der Waals surface area contributed by atoms with Gasteiger partial charge in [0.15, 0.2) is 0 Å². The average molecular weight is 873 g/mol. The minimum absolute atomic E-state index is 0.132. The highest BCUT2D eigenvalue weighted by Crippen LogP contribution is 2.65. The fraction of sp³-hybridized carbons (Fsp3) is 0.0625. The zero-order valence-corrected chi connectivity index (χ0v) is 38.1. The molecule has 1 aromatic heterocycles. The van der Waals surface area contributed by atoms with E-state index >= 15 is 0 Å². The third kappa shape index (κ3) is 5.32. The van der Waals surface area contributed by atoms with E-state index in [2.05, 4.69) is 254 Å². The minimum atomic E-state index is -0.534. The molecule has 0 saturated carbocycles. The molecular weight excluding hydrogens is 829 g/mol. The molecule has 0 radical (unpaired) electrons. The van der Waals surface area contributed by atoms with Crippen molar-refractivity contribution in [3.05, 3.63) is 264 Å². The largest absolute Gasteiger partial charge is 0.310 e. The molecule has 67 heavy (non-hydrogen) atoms. The van der Waals surface area contributed by atoms with Crippen LogP contribution >= 0.6 is 11.3 Å². The van der Waals surface area contributed by atoms with Gasteiger partial charge in [0, 0.05) is 48.3 Å². The van der Waals surface area contributed by atoms with Crippen molar-refractivity contribution in [2.24, 2.45) is 0 Å². The Balaban J connectivity index is 0.973. The molecule has 0 saturated heterocycles. The van der Waals surface area contributed by atoms with Crippen LogP contribution in [0.15, 0.2) is 231 Å². The number of fused-ring (bicyclic) bond motifs is 15. The molecule has 0 amide bonds. The number of nitrogens with zero attached hydrogens (tertiary/aromatic N) is 2. The smallest absolute Gasteiger partial charge is 0.0731 e. The van der Waals surface area contributed by atoms with Gasteiger partial charge >= 0.3 is 0 Å². The zero-order valence-electron chi connectivity index (χ0n) is 37.2. The summed E-state index contributed by atoms with van der Waals surface area (Å²) in [5.41, 5.74) is 22.0. The van der Waals surface area contributed by atoms with E-state index in [4.69, 9.17) is 0 Å². The standard InChI is InChI=1S/C64H44N2S/c1-63(2)56-29-11-13-31-58(56)66(59-32-14-12-30-57(59)63)44-35-37-55-52(39-44)48-23-7-10-28-54(48)64(55)53-27-9-6-22-47(53)51-26-17-25-46(62(51)64)41-18-16-21-43(38-41)65(42-19-4-3-5-20-42)45-34-36-50-49-24-8-15-33-60(49)67-61(50)40-45/h3-40H,1-2H3. The van der Waals surface area contributed by atoms with Crippen molar-refractivity contribution in [1.82, 2.24) is 0 Å². The summed E-state index contributed by atoms with van der Waals surface area (Å²) in [5.74, 6) is 0. The molecule has 2 aliphatic carbocycles. The van der Waals surface area contributed by atoms with Crippen molar-refractivity contribution < 1.29 is 0 Å². The van der Waals surface area contributed by atoms with Gasteiger partial charge in [-0.15, -0.1) is 11.3 Å². The molecule has 1 unspecified atom stereocenters. The Kier molecular flexibility index (Phi) is 8.15. The van der Waals surface area contributed by atoms with Crippen molar-refractivity contribution in [2.45, 2.75) is 24.7 Å². The van der Waals surface area contributed by atoms with E-state index in [1.54, 1.807) is 0 Å². The molecule has 10 aromatic carbocycles. The van der Waals surface area contributed by atoms with Crippen LogP contribution < -0.4 is 9.80 Å². The zero-order chi connectivity index (χ0) is 44.4. The van der Waals surface area contributed by atoms with Crippen molar-refractivity contribution in [3.63, 3.8) is 0 Å². The van der Waals surface area contributed by atoms with Gasteiger partial charge < -0.3 is 9.80 Å². The molecule has 0 bridgehead atoms. The number of anilines is 6. The van der Waals surface area contributed by atoms with Crippen LogP contribution in [-0.2, 0) is 10.8 Å². The average Bonchev–Trinajstić information content (AvgIpc) is 4.01. The van der Waals surface area contributed by atoms with E-state index in [0.29, 0.717) is 0 Å². The van der Waals surface area contributed by atoms with Gasteiger partial charge in [0.05, 0.1) is 16.8 Å². The number of hydrogen-bond acceptors (Lipinski definition) is 3. The fourth-order valence-corrected chi connectivity index (χ4v) is 13.3. The first-order chi connectivity index (χ1) is 33.0. The fourth-order valence-electron chi connectivity index (χ4n) is 12.2. The monoisotopic (exact) mass is 872 g/mol. The predicted molar refractivity (Wildman–Crippen MR) is 283 cm³/mol. The number of hydrogen-bond donors (Lipinski definition) is 0. The van der Waals surface area contributed by atoms with E-state index in [1.165, 1.54) is 104 Å². The first-order valence-corrected chi connectivity index (χ1v) is 24.2. The van der Waals surface area contributed by atoms with Gasteiger partial charge in [-0.2, -0.15) is 0 Å². The van der Waals surface area contributed by atoms with Gasteiger partial charge in [0.2, 0.25) is 0 Å². The maximum absolute atomic E-state index is 2.49. The van der Waals surface area contributed by atoms with Gasteiger partial charge in [-0.25, -0.2) is 0 Å². The summed E-state index contributed by atoms with van der Waals surface area (Å²) in [6.45, 7) is 4.72. The second kappa shape index (κ2) is 14.3. The van der Waals surface area contributed by atoms with Crippen molar-refractivity contribution in [3.8, 4) is 33.4 Å². The molecule has 0 N–H and O–H groups in total. The molecule has 2 heterocycles. The predicted octanol–water partition coefficient (Wildman–Crippen LogP) is 17.6. The van der Waals surface area contributed by atoms with Crippen LogP contribution in [0.1, 0.15) is 47.2 Å². The van der Waals surface area contributed by atoms with Crippen LogP contribution in [0.5, 0.6) is 0 Å². The van der Waals surface area contributed by atoms with Crippen molar-refractivity contribution >= 4 is 65.6 Å². The van der Waals surface area contributed by atoms with Crippen LogP contribution in [0, 0.1) is 0 Å². The first-order valence-electron chi connectivity index (χ1n) is 23.3. The molecule has 3 heteroatoms. The highest BCUT2D eigenvalue weighted by Gasteiger charge is 2.53. The van der Waals surface area contributed by atoms with E-state index in [1.807, 2.05) is 11.3 Å². The summed E-state index contributed by atoms with van der Waals surface area (Å²) < 4.78 is 2.60. The van der Waals surface area contributed by atoms with E-state index < -0.39 is 5.41 Å². The normalized spacial score (nSPS) is 15.8. The number of para-hydroxylation sites is 3. The van der Waals surface area contributed by atoms with Gasteiger partial charge in [-0.3, -0.25) is 0 Å². The molecule has 3 aliphatic rings. The molecule has 316 valence electrons. The van der Waals surface area contributed by atoms with Gasteiger partial charge in [0.1, 0.15) is 0 Å². The van der Waals surface area contributed by atoms with Crippen LogP contribution in [0.2, 0.25) is 0 Å². The lowest BCUT2D eigenvalue weighted by atomic mass is 9.68. The highest BCUT2D eigenvalue weighted by molar-refractivity contribution is 7.25. The second-order valence-corrected chi connectivity index (χ2v) is 19.9. The van der Waals surface area contributed by atoms with Gasteiger partial charge in [-0.05, 0) is 133 Å². The Labute approximate surface area is 395 Å². The lowest BCUT2D eigenvalue weighted by molar-refractivity contribution is 0.632. The van der Waals surface area contributed by atoms with E-state index in [0.717, 1.165) is 17.1 Å². The van der Waals surface area contributed by atoms with Gasteiger partial charge in [0.25, 0.3) is 0 Å². The molecule has 11 aromatic rings. The van der Waals surface area contributed by atoms with Crippen LogP contribution in [0.25, 0.3) is 53.6 Å². The van der Waals surface area contributed by atoms with E-state index in [-0.39, 0.29) is 5.41 Å². The number of benzene rings is 10. The maximum Gasteiger partial charge on any atom is 0.0731 e. The number of thiophene rings is 1. The second-order valence-electron chi connectivity index (χ2n) is 18.8. The topological polar surface area (TPSA) is 6.48 Å². The summed E-state index contributed by atoms with van der Waals surface area (Å²) in [7, 11) is 0.